The van der Waals surface area contributed by atoms with Gasteiger partial charge in [0.1, 0.15) is 0 Å². The van der Waals surface area contributed by atoms with Crippen LogP contribution in [-0.2, 0) is 9.53 Å². The van der Waals surface area contributed by atoms with Crippen molar-refractivity contribution in [3.63, 3.8) is 0 Å². The van der Waals surface area contributed by atoms with Gasteiger partial charge in [0.2, 0.25) is 0 Å². The van der Waals surface area contributed by atoms with Gasteiger partial charge in [-0.3, -0.25) is 15.2 Å². The van der Waals surface area contributed by atoms with E-state index in [4.69, 9.17) is 0 Å². The minimum atomic E-state index is -0.648. The first kappa shape index (κ1) is 16.3. The minimum absolute atomic E-state index is 0.00818. The maximum Gasteiger partial charge on any atom is 0.354 e. The SMILES string of the molecule is COC(=O)C(CC(=O)c1ccc(Br)s1)=NNc1ccncc1. The van der Waals surface area contributed by atoms with E-state index in [1.807, 2.05) is 0 Å². The summed E-state index contributed by atoms with van der Waals surface area (Å²) in [5, 5.41) is 3.97. The molecule has 0 atom stereocenters. The summed E-state index contributed by atoms with van der Waals surface area (Å²) >= 11 is 4.60. The molecule has 22 heavy (non-hydrogen) atoms. The van der Waals surface area contributed by atoms with Gasteiger partial charge in [-0.1, -0.05) is 0 Å². The van der Waals surface area contributed by atoms with Gasteiger partial charge in [-0.05, 0) is 40.2 Å². The maximum absolute atomic E-state index is 12.2. The standard InChI is InChI=1S/C14H12BrN3O3S/c1-21-14(20)10(18-17-9-4-6-16-7-5-9)8-11(19)12-2-3-13(15)22-12/h2-7H,8H2,1H3,(H,16,17). The van der Waals surface area contributed by atoms with Crippen molar-refractivity contribution in [3.8, 4) is 0 Å². The van der Waals surface area contributed by atoms with Gasteiger partial charge < -0.3 is 4.74 Å². The number of methoxy groups -OCH3 is 1. The lowest BCUT2D eigenvalue weighted by Gasteiger charge is -2.05. The number of hydrogen-bond acceptors (Lipinski definition) is 7. The zero-order valence-electron chi connectivity index (χ0n) is 11.6. The molecule has 2 aromatic rings. The number of nitrogens with one attached hydrogen (secondary N) is 1. The Morgan fingerprint density at radius 3 is 2.64 bits per heavy atom. The van der Waals surface area contributed by atoms with Crippen molar-refractivity contribution in [2.45, 2.75) is 6.42 Å². The van der Waals surface area contributed by atoms with Crippen LogP contribution in [0.15, 0.2) is 45.5 Å². The van der Waals surface area contributed by atoms with Gasteiger partial charge in [0.05, 0.1) is 27.9 Å². The van der Waals surface area contributed by atoms with Gasteiger partial charge in [0.15, 0.2) is 11.5 Å². The van der Waals surface area contributed by atoms with Crippen molar-refractivity contribution < 1.29 is 14.3 Å². The predicted octanol–water partition coefficient (Wildman–Crippen LogP) is 3.12. The number of hydrogen-bond donors (Lipinski definition) is 1. The fraction of sp³-hybridized carbons (Fsp3) is 0.143. The fourth-order valence-electron chi connectivity index (χ4n) is 1.54. The lowest BCUT2D eigenvalue weighted by atomic mass is 10.1. The molecular formula is C14H12BrN3O3S. The second kappa shape index (κ2) is 7.81. The van der Waals surface area contributed by atoms with Crippen LogP contribution in [-0.4, -0.2) is 29.6 Å². The molecule has 0 amide bonds. The monoisotopic (exact) mass is 381 g/mol. The van der Waals surface area contributed by atoms with E-state index in [2.05, 4.69) is 36.2 Å². The van der Waals surface area contributed by atoms with E-state index < -0.39 is 5.97 Å². The Hall–Kier alpha value is -2.06. The summed E-state index contributed by atoms with van der Waals surface area (Å²) in [4.78, 5) is 28.3. The number of anilines is 1. The summed E-state index contributed by atoms with van der Waals surface area (Å²) in [6.45, 7) is 0. The van der Waals surface area contributed by atoms with Crippen molar-refractivity contribution in [1.29, 1.82) is 0 Å². The zero-order valence-corrected chi connectivity index (χ0v) is 14.0. The molecular weight excluding hydrogens is 370 g/mol. The topological polar surface area (TPSA) is 80.7 Å². The fourth-order valence-corrected chi connectivity index (χ4v) is 2.86. The van der Waals surface area contributed by atoms with E-state index in [1.165, 1.54) is 18.4 Å². The number of halogens is 1. The third-order valence-corrected chi connectivity index (χ3v) is 4.26. The molecule has 6 nitrogen and oxygen atoms in total. The average molecular weight is 382 g/mol. The Balaban J connectivity index is 2.12. The molecule has 2 heterocycles. The summed E-state index contributed by atoms with van der Waals surface area (Å²) < 4.78 is 5.51. The molecule has 0 bridgehead atoms. The lowest BCUT2D eigenvalue weighted by Crippen LogP contribution is -2.21. The Bertz CT molecular complexity index is 700. The Labute approximate surface area is 139 Å². The molecule has 114 valence electrons. The molecule has 0 saturated carbocycles. The molecule has 0 spiro atoms. The highest BCUT2D eigenvalue weighted by atomic mass is 79.9. The predicted molar refractivity (Wildman–Crippen MR) is 88.3 cm³/mol. The van der Waals surface area contributed by atoms with Crippen LogP contribution in [0.4, 0.5) is 5.69 Å². The molecule has 8 heteroatoms. The van der Waals surface area contributed by atoms with Crippen molar-refractivity contribution >= 4 is 50.4 Å². The first-order valence-electron chi connectivity index (χ1n) is 6.19. The van der Waals surface area contributed by atoms with Crippen LogP contribution < -0.4 is 5.43 Å². The van der Waals surface area contributed by atoms with Crippen LogP contribution in [0.25, 0.3) is 0 Å². The number of pyridine rings is 1. The lowest BCUT2D eigenvalue weighted by molar-refractivity contribution is -0.132. The van der Waals surface area contributed by atoms with Gasteiger partial charge in [-0.2, -0.15) is 5.10 Å². The number of Topliss-reactive ketones (excluding diaryl/α,β-unsaturated/α-hetero) is 1. The van der Waals surface area contributed by atoms with E-state index in [9.17, 15) is 9.59 Å². The molecule has 0 fully saturated rings. The van der Waals surface area contributed by atoms with Crippen LogP contribution in [0.3, 0.4) is 0 Å². The van der Waals surface area contributed by atoms with E-state index in [0.29, 0.717) is 10.6 Å². The van der Waals surface area contributed by atoms with Crippen LogP contribution in [0.1, 0.15) is 16.1 Å². The number of ketones is 1. The van der Waals surface area contributed by atoms with Gasteiger partial charge in [-0.25, -0.2) is 4.79 Å². The first-order valence-corrected chi connectivity index (χ1v) is 7.80. The van der Waals surface area contributed by atoms with E-state index in [1.54, 1.807) is 36.7 Å². The average Bonchev–Trinajstić information content (AvgIpc) is 2.98. The summed E-state index contributed by atoms with van der Waals surface area (Å²) in [5.74, 6) is -0.845. The zero-order chi connectivity index (χ0) is 15.9. The number of nitrogens with zero attached hydrogens (tertiary/aromatic N) is 2. The molecule has 1 N–H and O–H groups in total. The summed E-state index contributed by atoms with van der Waals surface area (Å²) in [6.07, 6.45) is 3.03. The Kier molecular flexibility index (Phi) is 5.79. The number of aromatic nitrogens is 1. The Morgan fingerprint density at radius 1 is 1.32 bits per heavy atom. The number of esters is 1. The third kappa shape index (κ3) is 4.47. The van der Waals surface area contributed by atoms with E-state index in [0.717, 1.165) is 3.79 Å². The second-order valence-electron chi connectivity index (χ2n) is 4.10. The molecule has 0 radical (unpaired) electrons. The van der Waals surface area contributed by atoms with Gasteiger partial charge >= 0.3 is 5.97 Å². The second-order valence-corrected chi connectivity index (χ2v) is 6.56. The quantitative estimate of drug-likeness (QED) is 0.359. The highest BCUT2D eigenvalue weighted by Gasteiger charge is 2.19. The van der Waals surface area contributed by atoms with E-state index in [-0.39, 0.29) is 17.9 Å². The molecule has 0 aliphatic carbocycles. The smallest absolute Gasteiger partial charge is 0.354 e. The number of rotatable bonds is 6. The normalized spacial score (nSPS) is 11.1. The van der Waals surface area contributed by atoms with Crippen LogP contribution >= 0.6 is 27.3 Å². The maximum atomic E-state index is 12.2. The first-order chi connectivity index (χ1) is 10.6. The Morgan fingerprint density at radius 2 is 2.05 bits per heavy atom. The molecule has 0 aliphatic heterocycles. The third-order valence-electron chi connectivity index (χ3n) is 2.60. The van der Waals surface area contributed by atoms with Gasteiger partial charge in [0.25, 0.3) is 0 Å². The number of thiophene rings is 1. The highest BCUT2D eigenvalue weighted by molar-refractivity contribution is 9.11. The molecule has 0 unspecified atom stereocenters. The van der Waals surface area contributed by atoms with Gasteiger partial charge in [0, 0.05) is 12.4 Å². The summed E-state index contributed by atoms with van der Waals surface area (Å²) in [7, 11) is 1.25. The summed E-state index contributed by atoms with van der Waals surface area (Å²) in [6, 6.07) is 6.86. The van der Waals surface area contributed by atoms with Crippen molar-refractivity contribution in [3.05, 3.63) is 45.3 Å². The number of hydrazone groups is 1. The number of ether oxygens (including phenoxy) is 1. The molecule has 0 saturated heterocycles. The van der Waals surface area contributed by atoms with Gasteiger partial charge in [-0.15, -0.1) is 11.3 Å². The van der Waals surface area contributed by atoms with Crippen LogP contribution in [0.2, 0.25) is 0 Å². The molecule has 0 aliphatic rings. The molecule has 0 aromatic carbocycles. The largest absolute Gasteiger partial charge is 0.464 e. The molecule has 2 rings (SSSR count). The van der Waals surface area contributed by atoms with E-state index >= 15 is 0 Å². The van der Waals surface area contributed by atoms with Crippen molar-refractivity contribution in [2.75, 3.05) is 12.5 Å². The van der Waals surface area contributed by atoms with Crippen LogP contribution in [0.5, 0.6) is 0 Å². The highest BCUT2D eigenvalue weighted by Crippen LogP contribution is 2.23. The number of carbonyl (C=O) groups is 2. The van der Waals surface area contributed by atoms with Crippen LogP contribution in [0, 0.1) is 0 Å². The minimum Gasteiger partial charge on any atom is -0.464 e. The summed E-state index contributed by atoms with van der Waals surface area (Å²) in [5.41, 5.74) is 3.37. The number of carbonyl (C=O) groups excluding carboxylic acids is 2. The van der Waals surface area contributed by atoms with Crippen molar-refractivity contribution in [1.82, 2.24) is 4.98 Å². The molecule has 2 aromatic heterocycles. The van der Waals surface area contributed by atoms with Crippen molar-refractivity contribution in [2.24, 2.45) is 5.10 Å².